The van der Waals surface area contributed by atoms with Gasteiger partial charge in [0.2, 0.25) is 5.91 Å². The number of alkyl carbamates (subject to hydrolysis) is 1. The lowest BCUT2D eigenvalue weighted by atomic mass is 10.1. The van der Waals surface area contributed by atoms with E-state index in [4.69, 9.17) is 14.2 Å². The van der Waals surface area contributed by atoms with E-state index >= 15 is 0 Å². The number of hydrogen-bond donors (Lipinski definition) is 3. The zero-order chi connectivity index (χ0) is 27.5. The number of carboxylic acids is 1. The first-order valence-corrected chi connectivity index (χ1v) is 11.5. The van der Waals surface area contributed by atoms with Crippen LogP contribution >= 0.6 is 0 Å². The summed E-state index contributed by atoms with van der Waals surface area (Å²) < 4.78 is 15.5. The molecule has 36 heavy (non-hydrogen) atoms. The Morgan fingerprint density at radius 2 is 1.39 bits per heavy atom. The van der Waals surface area contributed by atoms with E-state index in [0.29, 0.717) is 5.56 Å². The highest BCUT2D eigenvalue weighted by Gasteiger charge is 2.31. The third kappa shape index (κ3) is 13.3. The molecule has 1 aromatic rings. The predicted octanol–water partition coefficient (Wildman–Crippen LogP) is 2.70. The van der Waals surface area contributed by atoms with Gasteiger partial charge in [-0.25, -0.2) is 9.59 Å². The van der Waals surface area contributed by atoms with E-state index in [9.17, 15) is 29.1 Å². The fourth-order valence-electron chi connectivity index (χ4n) is 2.85. The van der Waals surface area contributed by atoms with Crippen molar-refractivity contribution in [3.05, 3.63) is 35.9 Å². The average molecular weight is 509 g/mol. The maximum Gasteiger partial charge on any atom is 0.408 e. The molecule has 0 fully saturated rings. The number of carbonyl (C=O) groups excluding carboxylic acids is 4. The highest BCUT2D eigenvalue weighted by atomic mass is 16.6. The normalized spacial score (nSPS) is 13.1. The van der Waals surface area contributed by atoms with Crippen molar-refractivity contribution in [1.29, 1.82) is 0 Å². The summed E-state index contributed by atoms with van der Waals surface area (Å²) in [6, 6.07) is 5.85. The van der Waals surface area contributed by atoms with E-state index in [0.717, 1.165) is 0 Å². The molecule has 2 amide bonds. The number of ether oxygens (including phenoxy) is 3. The number of nitrogens with one attached hydrogen (secondary N) is 2. The Kier molecular flexibility index (Phi) is 11.4. The lowest BCUT2D eigenvalue weighted by Gasteiger charge is -2.24. The van der Waals surface area contributed by atoms with Gasteiger partial charge >= 0.3 is 24.0 Å². The van der Waals surface area contributed by atoms with Crippen molar-refractivity contribution in [2.45, 2.75) is 90.7 Å². The minimum absolute atomic E-state index is 0.0823. The number of carbonyl (C=O) groups is 5. The van der Waals surface area contributed by atoms with Crippen molar-refractivity contribution in [3.63, 3.8) is 0 Å². The number of amides is 2. The van der Waals surface area contributed by atoms with Crippen LogP contribution in [0.3, 0.4) is 0 Å². The summed E-state index contributed by atoms with van der Waals surface area (Å²) >= 11 is 0. The Morgan fingerprint density at radius 1 is 0.833 bits per heavy atom. The third-order valence-electron chi connectivity index (χ3n) is 4.28. The van der Waals surface area contributed by atoms with E-state index in [-0.39, 0.29) is 19.4 Å². The van der Waals surface area contributed by atoms with Crippen LogP contribution in [0, 0.1) is 0 Å². The van der Waals surface area contributed by atoms with E-state index < -0.39 is 59.6 Å². The number of benzene rings is 1. The van der Waals surface area contributed by atoms with Crippen LogP contribution in [0.2, 0.25) is 0 Å². The second kappa shape index (κ2) is 13.5. The molecule has 0 aliphatic heterocycles. The molecular formula is C25H36N2O9. The molecule has 0 spiro atoms. The average Bonchev–Trinajstić information content (AvgIpc) is 2.72. The molecule has 3 N–H and O–H groups in total. The van der Waals surface area contributed by atoms with Gasteiger partial charge in [-0.15, -0.1) is 0 Å². The zero-order valence-electron chi connectivity index (χ0n) is 21.6. The highest BCUT2D eigenvalue weighted by Crippen LogP contribution is 2.12. The summed E-state index contributed by atoms with van der Waals surface area (Å²) in [5, 5.41) is 14.0. The summed E-state index contributed by atoms with van der Waals surface area (Å²) in [4.78, 5) is 61.2. The predicted molar refractivity (Wildman–Crippen MR) is 129 cm³/mol. The largest absolute Gasteiger partial charge is 0.480 e. The van der Waals surface area contributed by atoms with Crippen molar-refractivity contribution in [1.82, 2.24) is 10.6 Å². The Labute approximate surface area is 210 Å². The van der Waals surface area contributed by atoms with Crippen LogP contribution in [0.25, 0.3) is 0 Å². The van der Waals surface area contributed by atoms with Crippen molar-refractivity contribution in [3.8, 4) is 0 Å². The summed E-state index contributed by atoms with van der Waals surface area (Å²) in [5.41, 5.74) is -0.890. The lowest BCUT2D eigenvalue weighted by Crippen LogP contribution is -2.52. The molecule has 11 nitrogen and oxygen atoms in total. The summed E-state index contributed by atoms with van der Waals surface area (Å²) in [6.07, 6.45) is -2.07. The minimum atomic E-state index is -1.48. The monoisotopic (exact) mass is 508 g/mol. The molecule has 0 saturated carbocycles. The molecule has 0 aliphatic rings. The standard InChI is InChI=1S/C25H36N2O9/c1-24(2,3)35-19(28)13-12-17(22(31)32)26-21(30)18(14-20(29)36-25(4,5)6)27-23(33)34-15-16-10-8-7-9-11-16/h7-11,17-18H,12-15H2,1-6H3,(H,26,30)(H,27,33)(H,31,32)/t17-,18-/m0/s1. The Morgan fingerprint density at radius 3 is 1.92 bits per heavy atom. The lowest BCUT2D eigenvalue weighted by molar-refractivity contribution is -0.156. The van der Waals surface area contributed by atoms with E-state index in [1.807, 2.05) is 0 Å². The van der Waals surface area contributed by atoms with Gasteiger partial charge in [0.25, 0.3) is 0 Å². The summed E-state index contributed by atoms with van der Waals surface area (Å²) in [5.74, 6) is -3.76. The number of esters is 2. The van der Waals surface area contributed by atoms with Crippen molar-refractivity contribution in [2.75, 3.05) is 0 Å². The quantitative estimate of drug-likeness (QED) is 0.302. The summed E-state index contributed by atoms with van der Waals surface area (Å²) in [6.45, 7) is 9.85. The SMILES string of the molecule is CC(C)(C)OC(=O)CC[C@H](NC(=O)[C@H](CC(=O)OC(C)(C)C)NC(=O)OCc1ccccc1)C(=O)O. The topological polar surface area (TPSA) is 157 Å². The van der Waals surface area contributed by atoms with Gasteiger partial charge in [-0.05, 0) is 53.5 Å². The molecule has 11 heteroatoms. The van der Waals surface area contributed by atoms with E-state index in [1.165, 1.54) is 0 Å². The fraction of sp³-hybridized carbons (Fsp3) is 0.560. The Hall–Kier alpha value is -3.63. The molecule has 0 aromatic heterocycles. The van der Waals surface area contributed by atoms with Crippen LogP contribution < -0.4 is 10.6 Å². The van der Waals surface area contributed by atoms with Gasteiger partial charge in [-0.1, -0.05) is 30.3 Å². The Balaban J connectivity index is 2.87. The first-order chi connectivity index (χ1) is 16.6. The molecule has 0 unspecified atom stereocenters. The maximum absolute atomic E-state index is 12.9. The van der Waals surface area contributed by atoms with Gasteiger partial charge in [0.15, 0.2) is 0 Å². The Bertz CT molecular complexity index is 918. The zero-order valence-corrected chi connectivity index (χ0v) is 21.6. The van der Waals surface area contributed by atoms with Crippen LogP contribution in [0.4, 0.5) is 4.79 Å². The van der Waals surface area contributed by atoms with Crippen LogP contribution in [0.1, 0.15) is 66.4 Å². The van der Waals surface area contributed by atoms with Gasteiger partial charge in [-0.3, -0.25) is 14.4 Å². The van der Waals surface area contributed by atoms with E-state index in [2.05, 4.69) is 10.6 Å². The smallest absolute Gasteiger partial charge is 0.408 e. The first kappa shape index (κ1) is 30.4. The number of hydrogen-bond acceptors (Lipinski definition) is 8. The van der Waals surface area contributed by atoms with Gasteiger partial charge in [0.1, 0.15) is 29.9 Å². The fourth-order valence-corrected chi connectivity index (χ4v) is 2.85. The molecular weight excluding hydrogens is 472 g/mol. The highest BCUT2D eigenvalue weighted by molar-refractivity contribution is 5.92. The maximum atomic E-state index is 12.9. The van der Waals surface area contributed by atoms with Gasteiger partial charge in [0.05, 0.1) is 6.42 Å². The van der Waals surface area contributed by atoms with Crippen LogP contribution in [-0.2, 0) is 40.0 Å². The van der Waals surface area contributed by atoms with Crippen LogP contribution in [0.5, 0.6) is 0 Å². The molecule has 200 valence electrons. The third-order valence-corrected chi connectivity index (χ3v) is 4.28. The van der Waals surface area contributed by atoms with Crippen LogP contribution in [0.15, 0.2) is 30.3 Å². The number of aliphatic carboxylic acids is 1. The number of carboxylic acid groups (broad SMARTS) is 1. The molecule has 0 bridgehead atoms. The molecule has 2 atom stereocenters. The van der Waals surface area contributed by atoms with Gasteiger partial charge < -0.3 is 30.0 Å². The molecule has 0 radical (unpaired) electrons. The van der Waals surface area contributed by atoms with Gasteiger partial charge in [0, 0.05) is 6.42 Å². The van der Waals surface area contributed by atoms with Crippen LogP contribution in [-0.4, -0.2) is 58.3 Å². The van der Waals surface area contributed by atoms with E-state index in [1.54, 1.807) is 71.9 Å². The molecule has 1 aromatic carbocycles. The van der Waals surface area contributed by atoms with Crippen molar-refractivity contribution < 1.29 is 43.3 Å². The second-order valence-corrected chi connectivity index (χ2v) is 10.1. The summed E-state index contributed by atoms with van der Waals surface area (Å²) in [7, 11) is 0. The van der Waals surface area contributed by atoms with Crippen molar-refractivity contribution in [2.24, 2.45) is 0 Å². The first-order valence-electron chi connectivity index (χ1n) is 11.5. The van der Waals surface area contributed by atoms with Crippen molar-refractivity contribution >= 4 is 29.9 Å². The molecule has 0 aliphatic carbocycles. The molecule has 0 saturated heterocycles. The molecule has 0 heterocycles. The second-order valence-electron chi connectivity index (χ2n) is 10.1. The molecule has 1 rings (SSSR count). The number of rotatable bonds is 11. The minimum Gasteiger partial charge on any atom is -0.480 e. The van der Waals surface area contributed by atoms with Gasteiger partial charge in [-0.2, -0.15) is 0 Å².